The summed E-state index contributed by atoms with van der Waals surface area (Å²) in [4.78, 5) is 4.58. The lowest BCUT2D eigenvalue weighted by Gasteiger charge is -2.23. The Bertz CT molecular complexity index is 493. The highest BCUT2D eigenvalue weighted by Crippen LogP contribution is 2.29. The van der Waals surface area contributed by atoms with Gasteiger partial charge in [0, 0.05) is 25.0 Å². The molecule has 2 unspecified atom stereocenters. The Kier molecular flexibility index (Phi) is 4.34. The third kappa shape index (κ3) is 2.86. The first-order valence-electron chi connectivity index (χ1n) is 6.57. The van der Waals surface area contributed by atoms with Crippen LogP contribution in [0.15, 0.2) is 18.2 Å². The minimum atomic E-state index is 0.450. The molecule has 0 bridgehead atoms. The lowest BCUT2D eigenvalue weighted by Crippen LogP contribution is -2.34. The summed E-state index contributed by atoms with van der Waals surface area (Å²) in [6.07, 6.45) is 0. The van der Waals surface area contributed by atoms with Crippen molar-refractivity contribution < 1.29 is 0 Å². The molecule has 0 aliphatic carbocycles. The maximum atomic E-state index is 9.31. The van der Waals surface area contributed by atoms with Crippen molar-refractivity contribution in [3.63, 3.8) is 0 Å². The van der Waals surface area contributed by atoms with E-state index in [1.165, 1.54) is 0 Å². The van der Waals surface area contributed by atoms with Crippen LogP contribution in [-0.2, 0) is 5.88 Å². The average molecular weight is 278 g/mol. The lowest BCUT2D eigenvalue weighted by atomic mass is 10.1. The van der Waals surface area contributed by atoms with Gasteiger partial charge in [-0.25, -0.2) is 0 Å². The van der Waals surface area contributed by atoms with E-state index in [1.807, 2.05) is 18.2 Å². The van der Waals surface area contributed by atoms with E-state index in [1.54, 1.807) is 0 Å². The standard InChI is InChI=1S/C15H20ClN3/c1-11-9-19(10-15(11)18(2)3)14-5-4-12(7-16)6-13(14)8-17/h4-6,11,15H,7,9-10H2,1-3H3. The van der Waals surface area contributed by atoms with Crippen molar-refractivity contribution in [1.82, 2.24) is 4.90 Å². The molecule has 3 nitrogen and oxygen atoms in total. The molecule has 4 heteroatoms. The van der Waals surface area contributed by atoms with Crippen LogP contribution in [0.25, 0.3) is 0 Å². The van der Waals surface area contributed by atoms with Crippen molar-refractivity contribution >= 4 is 17.3 Å². The molecule has 0 N–H and O–H groups in total. The summed E-state index contributed by atoms with van der Waals surface area (Å²) in [6, 6.07) is 8.77. The number of nitrogens with zero attached hydrogens (tertiary/aromatic N) is 3. The van der Waals surface area contributed by atoms with Crippen molar-refractivity contribution in [3.8, 4) is 6.07 Å². The molecule has 0 saturated carbocycles. The van der Waals surface area contributed by atoms with Crippen LogP contribution in [0.3, 0.4) is 0 Å². The minimum absolute atomic E-state index is 0.450. The molecule has 1 aromatic carbocycles. The Morgan fingerprint density at radius 3 is 2.68 bits per heavy atom. The van der Waals surface area contributed by atoms with Gasteiger partial charge in [-0.3, -0.25) is 0 Å². The maximum absolute atomic E-state index is 9.31. The largest absolute Gasteiger partial charge is 0.369 e. The summed E-state index contributed by atoms with van der Waals surface area (Å²) >= 11 is 5.83. The van der Waals surface area contributed by atoms with Gasteiger partial charge in [0.25, 0.3) is 0 Å². The van der Waals surface area contributed by atoms with Crippen molar-refractivity contribution in [1.29, 1.82) is 5.26 Å². The molecule has 0 spiro atoms. The number of hydrogen-bond acceptors (Lipinski definition) is 3. The second-order valence-electron chi connectivity index (χ2n) is 5.51. The normalized spacial score (nSPS) is 22.8. The first-order chi connectivity index (χ1) is 9.06. The molecular weight excluding hydrogens is 258 g/mol. The predicted octanol–water partition coefficient (Wildman–Crippen LogP) is 2.68. The second-order valence-corrected chi connectivity index (χ2v) is 5.78. The summed E-state index contributed by atoms with van der Waals surface area (Å²) in [5, 5.41) is 9.31. The quantitative estimate of drug-likeness (QED) is 0.796. The lowest BCUT2D eigenvalue weighted by molar-refractivity contribution is 0.266. The Balaban J connectivity index is 2.26. The molecule has 19 heavy (non-hydrogen) atoms. The summed E-state index contributed by atoms with van der Waals surface area (Å²) < 4.78 is 0. The number of rotatable bonds is 3. The van der Waals surface area contributed by atoms with Gasteiger partial charge < -0.3 is 9.80 Å². The second kappa shape index (κ2) is 5.81. The van der Waals surface area contributed by atoms with E-state index in [-0.39, 0.29) is 0 Å². The first kappa shape index (κ1) is 14.2. The zero-order chi connectivity index (χ0) is 14.0. The molecule has 1 aliphatic rings. The van der Waals surface area contributed by atoms with Gasteiger partial charge in [0.05, 0.1) is 11.3 Å². The fourth-order valence-corrected chi connectivity index (χ4v) is 3.02. The van der Waals surface area contributed by atoms with Crippen LogP contribution in [0, 0.1) is 17.2 Å². The van der Waals surface area contributed by atoms with Crippen LogP contribution < -0.4 is 4.90 Å². The van der Waals surface area contributed by atoms with Crippen molar-refractivity contribution in [2.75, 3.05) is 32.1 Å². The number of alkyl halides is 1. The highest BCUT2D eigenvalue weighted by molar-refractivity contribution is 6.17. The first-order valence-corrected chi connectivity index (χ1v) is 7.10. The van der Waals surface area contributed by atoms with Crippen molar-refractivity contribution in [3.05, 3.63) is 29.3 Å². The van der Waals surface area contributed by atoms with Crippen LogP contribution in [-0.4, -0.2) is 38.1 Å². The van der Waals surface area contributed by atoms with Gasteiger partial charge in [-0.2, -0.15) is 5.26 Å². The smallest absolute Gasteiger partial charge is 0.101 e. The SMILES string of the molecule is CC1CN(c2ccc(CCl)cc2C#N)CC1N(C)C. The van der Waals surface area contributed by atoms with Crippen LogP contribution in [0.1, 0.15) is 18.1 Å². The highest BCUT2D eigenvalue weighted by atomic mass is 35.5. The van der Waals surface area contributed by atoms with Crippen LogP contribution in [0.5, 0.6) is 0 Å². The molecule has 0 aromatic heterocycles. The van der Waals surface area contributed by atoms with Gasteiger partial charge in [0.1, 0.15) is 6.07 Å². The zero-order valence-corrected chi connectivity index (χ0v) is 12.5. The monoisotopic (exact) mass is 277 g/mol. The van der Waals surface area contributed by atoms with E-state index in [9.17, 15) is 5.26 Å². The molecule has 1 aliphatic heterocycles. The summed E-state index contributed by atoms with van der Waals surface area (Å²) in [6.45, 7) is 4.24. The molecule has 1 aromatic rings. The molecule has 0 radical (unpaired) electrons. The minimum Gasteiger partial charge on any atom is -0.369 e. The molecule has 2 atom stereocenters. The summed E-state index contributed by atoms with van der Waals surface area (Å²) in [5.74, 6) is 1.06. The molecule has 0 amide bonds. The fraction of sp³-hybridized carbons (Fsp3) is 0.533. The van der Waals surface area contributed by atoms with Gasteiger partial charge in [0.2, 0.25) is 0 Å². The van der Waals surface area contributed by atoms with E-state index in [4.69, 9.17) is 11.6 Å². The molecule has 2 rings (SSSR count). The van der Waals surface area contributed by atoms with Crippen LogP contribution in [0.2, 0.25) is 0 Å². The van der Waals surface area contributed by atoms with Gasteiger partial charge >= 0.3 is 0 Å². The Morgan fingerprint density at radius 2 is 2.16 bits per heavy atom. The molecule has 1 saturated heterocycles. The Labute approximate surface area is 120 Å². The average Bonchev–Trinajstić information content (AvgIpc) is 2.80. The maximum Gasteiger partial charge on any atom is 0.101 e. The Morgan fingerprint density at radius 1 is 1.42 bits per heavy atom. The molecule has 102 valence electrons. The van der Waals surface area contributed by atoms with Gasteiger partial charge in [-0.1, -0.05) is 13.0 Å². The number of halogens is 1. The van der Waals surface area contributed by atoms with Crippen LogP contribution >= 0.6 is 11.6 Å². The highest BCUT2D eigenvalue weighted by Gasteiger charge is 2.31. The molecular formula is C15H20ClN3. The van der Waals surface area contributed by atoms with Crippen molar-refractivity contribution in [2.24, 2.45) is 5.92 Å². The van der Waals surface area contributed by atoms with E-state index in [0.29, 0.717) is 17.8 Å². The number of benzene rings is 1. The third-order valence-corrected chi connectivity index (χ3v) is 4.22. The van der Waals surface area contributed by atoms with Gasteiger partial charge in [0.15, 0.2) is 0 Å². The molecule has 1 heterocycles. The van der Waals surface area contributed by atoms with E-state index in [2.05, 4.69) is 36.9 Å². The number of anilines is 1. The Hall–Kier alpha value is -1.24. The van der Waals surface area contributed by atoms with Crippen molar-refractivity contribution in [2.45, 2.75) is 18.8 Å². The van der Waals surface area contributed by atoms with E-state index >= 15 is 0 Å². The predicted molar refractivity (Wildman–Crippen MR) is 79.6 cm³/mol. The summed E-state index contributed by atoms with van der Waals surface area (Å²) in [7, 11) is 4.24. The zero-order valence-electron chi connectivity index (χ0n) is 11.7. The van der Waals surface area contributed by atoms with Crippen LogP contribution in [0.4, 0.5) is 5.69 Å². The van der Waals surface area contributed by atoms with E-state index in [0.717, 1.165) is 29.9 Å². The third-order valence-electron chi connectivity index (χ3n) is 3.91. The fourth-order valence-electron chi connectivity index (χ4n) is 2.85. The number of hydrogen-bond donors (Lipinski definition) is 0. The van der Waals surface area contributed by atoms with Gasteiger partial charge in [-0.15, -0.1) is 11.6 Å². The molecule has 1 fully saturated rings. The van der Waals surface area contributed by atoms with E-state index < -0.39 is 0 Å². The number of nitriles is 1. The number of likely N-dealkylation sites (N-methyl/N-ethyl adjacent to an activating group) is 1. The summed E-state index contributed by atoms with van der Waals surface area (Å²) in [5.41, 5.74) is 2.76. The van der Waals surface area contributed by atoms with Gasteiger partial charge in [-0.05, 0) is 37.7 Å². The topological polar surface area (TPSA) is 30.3 Å².